The summed E-state index contributed by atoms with van der Waals surface area (Å²) in [6.45, 7) is 0. The summed E-state index contributed by atoms with van der Waals surface area (Å²) in [5.41, 5.74) is 18.5. The first-order valence-corrected chi connectivity index (χ1v) is 21.2. The van der Waals surface area contributed by atoms with Crippen LogP contribution >= 0.6 is 0 Å². The largest absolute Gasteiger partial charge is 0.485 e. The third-order valence-electron chi connectivity index (χ3n) is 12.9. The van der Waals surface area contributed by atoms with E-state index in [9.17, 15) is 0 Å². The van der Waals surface area contributed by atoms with Gasteiger partial charge in [0, 0.05) is 61.8 Å². The van der Waals surface area contributed by atoms with E-state index in [1.54, 1.807) is 0 Å². The average Bonchev–Trinajstić information content (AvgIpc) is 3.84. The number of fused-ring (bicyclic) bond motifs is 9. The molecule has 5 nitrogen and oxygen atoms in total. The lowest BCUT2D eigenvalue weighted by atomic mass is 9.80. The minimum atomic E-state index is -0.0507. The predicted octanol–water partition coefficient (Wildman–Crippen LogP) is 14.0. The molecular weight excluding hydrogens is 745 g/mol. The SMILES string of the molecule is C1=CCCC(n2c3c(c4cc(-c5ccc6c7ccccc7n(-c7nc(-c8ccccc8)cc(-c8ccccc8)n7)c6c5)ccc42)-c2cccc4c2C(C3)Oc2ccccc2-4)=C1. The highest BCUT2D eigenvalue weighted by Gasteiger charge is 2.37. The minimum absolute atomic E-state index is 0.0507. The van der Waals surface area contributed by atoms with Crippen molar-refractivity contribution in [2.24, 2.45) is 0 Å². The number of allylic oxidation sites excluding steroid dienone is 4. The average molecular weight is 783 g/mol. The van der Waals surface area contributed by atoms with Crippen LogP contribution in [0.5, 0.6) is 5.75 Å². The Morgan fingerprint density at radius 1 is 0.508 bits per heavy atom. The second-order valence-corrected chi connectivity index (χ2v) is 16.3. The normalized spacial score (nSPS) is 15.0. The molecule has 4 heterocycles. The summed E-state index contributed by atoms with van der Waals surface area (Å²) in [6, 6.07) is 60.8. The molecule has 0 radical (unpaired) electrons. The second kappa shape index (κ2) is 13.4. The van der Waals surface area contributed by atoms with Gasteiger partial charge in [-0.15, -0.1) is 0 Å². The van der Waals surface area contributed by atoms with Crippen LogP contribution in [0.2, 0.25) is 0 Å². The van der Waals surface area contributed by atoms with Crippen LogP contribution in [-0.2, 0) is 6.42 Å². The van der Waals surface area contributed by atoms with Crippen molar-refractivity contribution in [1.29, 1.82) is 0 Å². The van der Waals surface area contributed by atoms with Gasteiger partial charge < -0.3 is 9.30 Å². The van der Waals surface area contributed by atoms with E-state index >= 15 is 0 Å². The molecule has 5 heteroatoms. The zero-order chi connectivity index (χ0) is 40.0. The Bertz CT molecular complexity index is 3420. The Kier molecular flexibility index (Phi) is 7.49. The van der Waals surface area contributed by atoms with E-state index in [4.69, 9.17) is 14.7 Å². The molecule has 1 atom stereocenters. The maximum absolute atomic E-state index is 6.85. The van der Waals surface area contributed by atoms with E-state index < -0.39 is 0 Å². The van der Waals surface area contributed by atoms with E-state index in [-0.39, 0.29) is 6.10 Å². The van der Waals surface area contributed by atoms with E-state index in [0.29, 0.717) is 5.95 Å². The van der Waals surface area contributed by atoms with Crippen LogP contribution < -0.4 is 4.74 Å². The molecule has 10 aromatic rings. The van der Waals surface area contributed by atoms with Gasteiger partial charge in [-0.1, -0.05) is 146 Å². The first kappa shape index (κ1) is 34.1. The number of hydrogen-bond donors (Lipinski definition) is 0. The molecule has 0 fully saturated rings. The molecule has 0 saturated heterocycles. The first-order chi connectivity index (χ1) is 30.2. The van der Waals surface area contributed by atoms with Crippen LogP contribution in [0, 0.1) is 0 Å². The summed E-state index contributed by atoms with van der Waals surface area (Å²) in [6.07, 6.45) is 9.56. The van der Waals surface area contributed by atoms with Gasteiger partial charge in [0.25, 0.3) is 0 Å². The Labute approximate surface area is 353 Å². The van der Waals surface area contributed by atoms with Gasteiger partial charge in [0.05, 0.1) is 27.9 Å². The third-order valence-corrected chi connectivity index (χ3v) is 12.9. The lowest BCUT2D eigenvalue weighted by Gasteiger charge is -2.34. The molecular formula is C56H38N4O. The number of aromatic nitrogens is 4. The van der Waals surface area contributed by atoms with Gasteiger partial charge in [0.1, 0.15) is 11.9 Å². The van der Waals surface area contributed by atoms with Crippen LogP contribution in [0.15, 0.2) is 188 Å². The molecule has 13 rings (SSSR count). The van der Waals surface area contributed by atoms with Gasteiger partial charge >= 0.3 is 0 Å². The summed E-state index contributed by atoms with van der Waals surface area (Å²) in [5.74, 6) is 1.61. The zero-order valence-corrected chi connectivity index (χ0v) is 33.3. The standard InChI is InChI=1S/C56H38N4O/c1-4-15-35(16-5-1)46-33-47(36-17-6-2-7-18-36)58-56(57-46)60-48-25-12-10-21-40(48)41-29-27-38(32-50(41)60)37-28-30-49-45(31-37)54-44-24-14-23-43-42-22-11-13-26-52(42)61-53(55(43)44)34-51(54)59(49)39-19-8-3-9-20-39/h1-8,10-19,21-33,53H,9,20,34H2. The van der Waals surface area contributed by atoms with Crippen molar-refractivity contribution < 1.29 is 4.74 Å². The number of rotatable bonds is 5. The maximum atomic E-state index is 6.85. The van der Waals surface area contributed by atoms with E-state index in [2.05, 4.69) is 185 Å². The molecule has 61 heavy (non-hydrogen) atoms. The summed E-state index contributed by atoms with van der Waals surface area (Å²) in [7, 11) is 0. The van der Waals surface area contributed by atoms with Crippen molar-refractivity contribution in [2.45, 2.75) is 25.4 Å². The Morgan fingerprint density at radius 2 is 1.18 bits per heavy atom. The second-order valence-electron chi connectivity index (χ2n) is 16.3. The van der Waals surface area contributed by atoms with Crippen molar-refractivity contribution in [3.63, 3.8) is 0 Å². The summed E-state index contributed by atoms with van der Waals surface area (Å²) < 4.78 is 11.6. The number of hydrogen-bond acceptors (Lipinski definition) is 3. The molecule has 3 aliphatic rings. The molecule has 288 valence electrons. The molecule has 0 bridgehead atoms. The zero-order valence-electron chi connectivity index (χ0n) is 33.3. The quantitative estimate of drug-likeness (QED) is 0.175. The van der Waals surface area contributed by atoms with Gasteiger partial charge in [-0.3, -0.25) is 4.57 Å². The fourth-order valence-electron chi connectivity index (χ4n) is 10.2. The van der Waals surface area contributed by atoms with Crippen LogP contribution in [0.4, 0.5) is 0 Å². The number of nitrogens with zero attached hydrogens (tertiary/aromatic N) is 4. The molecule has 7 aromatic carbocycles. The predicted molar refractivity (Wildman–Crippen MR) is 249 cm³/mol. The van der Waals surface area contributed by atoms with Crippen molar-refractivity contribution in [3.05, 3.63) is 199 Å². The van der Waals surface area contributed by atoms with Gasteiger partial charge in [-0.05, 0) is 77.6 Å². The molecule has 1 aliphatic heterocycles. The van der Waals surface area contributed by atoms with Gasteiger partial charge in [0.2, 0.25) is 5.95 Å². The molecule has 0 amide bonds. The number of benzene rings is 7. The molecule has 3 aromatic heterocycles. The maximum Gasteiger partial charge on any atom is 0.235 e. The van der Waals surface area contributed by atoms with Crippen molar-refractivity contribution >= 4 is 38.4 Å². The first-order valence-electron chi connectivity index (χ1n) is 21.2. The van der Waals surface area contributed by atoms with Gasteiger partial charge in [-0.25, -0.2) is 9.97 Å². The smallest absolute Gasteiger partial charge is 0.235 e. The fraction of sp³-hybridized carbons (Fsp3) is 0.0714. The topological polar surface area (TPSA) is 44.9 Å². The lowest BCUT2D eigenvalue weighted by Crippen LogP contribution is -2.22. The van der Waals surface area contributed by atoms with Gasteiger partial charge in [0.15, 0.2) is 0 Å². The lowest BCUT2D eigenvalue weighted by molar-refractivity contribution is 0.200. The van der Waals surface area contributed by atoms with Gasteiger partial charge in [-0.2, -0.15) is 0 Å². The monoisotopic (exact) mass is 782 g/mol. The van der Waals surface area contributed by atoms with Crippen LogP contribution in [-0.4, -0.2) is 19.1 Å². The molecule has 1 unspecified atom stereocenters. The molecule has 2 aliphatic carbocycles. The van der Waals surface area contributed by atoms with Crippen molar-refractivity contribution in [3.8, 4) is 67.6 Å². The highest BCUT2D eigenvalue weighted by Crippen LogP contribution is 2.54. The van der Waals surface area contributed by atoms with Crippen molar-refractivity contribution in [2.75, 3.05) is 0 Å². The van der Waals surface area contributed by atoms with Crippen LogP contribution in [0.3, 0.4) is 0 Å². The summed E-state index contributed by atoms with van der Waals surface area (Å²) in [4.78, 5) is 10.6. The third kappa shape index (κ3) is 5.27. The van der Waals surface area contributed by atoms with Crippen LogP contribution in [0.25, 0.3) is 100 Å². The molecule has 0 N–H and O–H groups in total. The Balaban J connectivity index is 1.03. The van der Waals surface area contributed by atoms with E-state index in [0.717, 1.165) is 64.1 Å². The fourth-order valence-corrected chi connectivity index (χ4v) is 10.2. The van der Waals surface area contributed by atoms with E-state index in [1.807, 2.05) is 12.1 Å². The Hall–Kier alpha value is -7.76. The summed E-state index contributed by atoms with van der Waals surface area (Å²) in [5, 5.41) is 3.60. The molecule has 0 saturated carbocycles. The van der Waals surface area contributed by atoms with Crippen LogP contribution in [0.1, 0.15) is 30.2 Å². The van der Waals surface area contributed by atoms with Crippen molar-refractivity contribution in [1.82, 2.24) is 19.1 Å². The molecule has 0 spiro atoms. The highest BCUT2D eigenvalue weighted by molar-refractivity contribution is 6.11. The Morgan fingerprint density at radius 3 is 1.98 bits per heavy atom. The minimum Gasteiger partial charge on any atom is -0.485 e. The summed E-state index contributed by atoms with van der Waals surface area (Å²) >= 11 is 0. The number of ether oxygens (including phenoxy) is 1. The highest BCUT2D eigenvalue weighted by atomic mass is 16.5. The van der Waals surface area contributed by atoms with E-state index in [1.165, 1.54) is 66.4 Å². The number of para-hydroxylation sites is 2.